The van der Waals surface area contributed by atoms with Crippen molar-refractivity contribution in [1.82, 2.24) is 0 Å². The van der Waals surface area contributed by atoms with Gasteiger partial charge in [0.1, 0.15) is 17.1 Å². The molecule has 3 aromatic rings. The third-order valence-corrected chi connectivity index (χ3v) is 6.36. The van der Waals surface area contributed by atoms with Gasteiger partial charge in [-0.15, -0.1) is 0 Å². The molecule has 0 saturated heterocycles. The fourth-order valence-corrected chi connectivity index (χ4v) is 4.72. The van der Waals surface area contributed by atoms with Crippen LogP contribution in [-0.4, -0.2) is 18.6 Å². The number of hydrogen-bond acceptors (Lipinski definition) is 3. The number of amides is 1. The van der Waals surface area contributed by atoms with Crippen LogP contribution in [0.2, 0.25) is 0 Å². The van der Waals surface area contributed by atoms with Crippen molar-refractivity contribution < 1.29 is 14.3 Å². The van der Waals surface area contributed by atoms with Gasteiger partial charge in [-0.05, 0) is 55.3 Å². The summed E-state index contributed by atoms with van der Waals surface area (Å²) in [5, 5.41) is 5.33. The number of fused-ring (bicyclic) bond motifs is 2. The Balaban J connectivity index is 1.41. The minimum Gasteiger partial charge on any atom is -0.497 e. The third-order valence-electron chi connectivity index (χ3n) is 6.36. The molecule has 1 saturated carbocycles. The molecule has 1 atom stereocenters. The number of carbonyl (C=O) groups excluding carboxylic acids is 1. The standard InChI is InChI=1S/C25H25NO3/c1-28-19-10-11-23-21(15-19)18(16-25(29-23)12-5-13-25)14-24(27)26-22-9-4-7-17-6-2-3-8-20(17)22/h2-4,6-11,15,18H,5,12-14,16H2,1H3,(H,26,27). The molecule has 1 fully saturated rings. The lowest BCUT2D eigenvalue weighted by molar-refractivity contribution is -0.117. The van der Waals surface area contributed by atoms with E-state index in [1.54, 1.807) is 7.11 Å². The van der Waals surface area contributed by atoms with E-state index in [0.717, 1.165) is 52.8 Å². The molecule has 1 aliphatic carbocycles. The zero-order chi connectivity index (χ0) is 19.8. The van der Waals surface area contributed by atoms with Gasteiger partial charge in [0.25, 0.3) is 0 Å². The molecule has 1 spiro atoms. The topological polar surface area (TPSA) is 47.6 Å². The van der Waals surface area contributed by atoms with Crippen LogP contribution in [0.3, 0.4) is 0 Å². The van der Waals surface area contributed by atoms with Crippen LogP contribution in [0, 0.1) is 0 Å². The van der Waals surface area contributed by atoms with Crippen LogP contribution < -0.4 is 14.8 Å². The molecule has 148 valence electrons. The number of carbonyl (C=O) groups is 1. The van der Waals surface area contributed by atoms with Crippen molar-refractivity contribution in [3.8, 4) is 11.5 Å². The zero-order valence-corrected chi connectivity index (χ0v) is 16.6. The van der Waals surface area contributed by atoms with Gasteiger partial charge in [0, 0.05) is 29.0 Å². The molecular formula is C25H25NO3. The van der Waals surface area contributed by atoms with E-state index in [-0.39, 0.29) is 17.4 Å². The second-order valence-electron chi connectivity index (χ2n) is 8.22. The van der Waals surface area contributed by atoms with Gasteiger partial charge in [-0.1, -0.05) is 36.4 Å². The van der Waals surface area contributed by atoms with Crippen LogP contribution in [0.5, 0.6) is 11.5 Å². The van der Waals surface area contributed by atoms with Crippen molar-refractivity contribution in [1.29, 1.82) is 0 Å². The molecule has 0 radical (unpaired) electrons. The van der Waals surface area contributed by atoms with Crippen molar-refractivity contribution in [3.05, 3.63) is 66.2 Å². The largest absolute Gasteiger partial charge is 0.497 e. The van der Waals surface area contributed by atoms with E-state index in [2.05, 4.69) is 17.4 Å². The van der Waals surface area contributed by atoms with Crippen molar-refractivity contribution in [2.45, 2.75) is 43.6 Å². The van der Waals surface area contributed by atoms with Crippen LogP contribution in [0.4, 0.5) is 5.69 Å². The number of nitrogens with one attached hydrogen (secondary N) is 1. The first-order chi connectivity index (χ1) is 14.2. The minimum absolute atomic E-state index is 0.0384. The molecule has 1 aliphatic heterocycles. The second-order valence-corrected chi connectivity index (χ2v) is 8.22. The molecule has 2 aliphatic rings. The highest BCUT2D eigenvalue weighted by molar-refractivity contribution is 6.02. The Bertz CT molecular complexity index is 1070. The predicted molar refractivity (Wildman–Crippen MR) is 115 cm³/mol. The van der Waals surface area contributed by atoms with Crippen molar-refractivity contribution in [2.24, 2.45) is 0 Å². The lowest BCUT2D eigenvalue weighted by Crippen LogP contribution is -2.47. The van der Waals surface area contributed by atoms with Crippen LogP contribution in [0.25, 0.3) is 10.8 Å². The van der Waals surface area contributed by atoms with Crippen LogP contribution in [0.1, 0.15) is 43.6 Å². The molecule has 4 nitrogen and oxygen atoms in total. The summed E-state index contributed by atoms with van der Waals surface area (Å²) in [6, 6.07) is 20.1. The van der Waals surface area contributed by atoms with E-state index in [1.807, 2.05) is 48.5 Å². The summed E-state index contributed by atoms with van der Waals surface area (Å²) in [4.78, 5) is 13.0. The molecule has 29 heavy (non-hydrogen) atoms. The lowest BCUT2D eigenvalue weighted by Gasteiger charge is -2.48. The molecule has 1 amide bonds. The fraction of sp³-hybridized carbons (Fsp3) is 0.320. The summed E-state index contributed by atoms with van der Waals surface area (Å²) >= 11 is 0. The first-order valence-corrected chi connectivity index (χ1v) is 10.3. The van der Waals surface area contributed by atoms with Gasteiger partial charge in [0.2, 0.25) is 5.91 Å². The normalized spacial score (nSPS) is 19.1. The maximum atomic E-state index is 13.0. The van der Waals surface area contributed by atoms with Gasteiger partial charge in [0.05, 0.1) is 7.11 Å². The number of ether oxygens (including phenoxy) is 2. The minimum atomic E-state index is -0.0913. The average Bonchev–Trinajstić information content (AvgIpc) is 2.72. The first-order valence-electron chi connectivity index (χ1n) is 10.3. The summed E-state index contributed by atoms with van der Waals surface area (Å²) in [5.74, 6) is 1.87. The maximum absolute atomic E-state index is 13.0. The quantitative estimate of drug-likeness (QED) is 0.628. The fourth-order valence-electron chi connectivity index (χ4n) is 4.72. The Morgan fingerprint density at radius 3 is 2.76 bits per heavy atom. The molecule has 0 aromatic heterocycles. The molecule has 1 heterocycles. The Labute approximate surface area is 170 Å². The van der Waals surface area contributed by atoms with E-state index < -0.39 is 0 Å². The maximum Gasteiger partial charge on any atom is 0.225 e. The highest BCUT2D eigenvalue weighted by Gasteiger charge is 2.46. The summed E-state index contributed by atoms with van der Waals surface area (Å²) in [7, 11) is 1.67. The van der Waals surface area contributed by atoms with Gasteiger partial charge in [-0.2, -0.15) is 0 Å². The average molecular weight is 387 g/mol. The highest BCUT2D eigenvalue weighted by Crippen LogP contribution is 2.51. The van der Waals surface area contributed by atoms with Crippen LogP contribution in [-0.2, 0) is 4.79 Å². The Morgan fingerprint density at radius 2 is 1.97 bits per heavy atom. The molecule has 0 bridgehead atoms. The molecule has 1 N–H and O–H groups in total. The van der Waals surface area contributed by atoms with Gasteiger partial charge >= 0.3 is 0 Å². The number of hydrogen-bond donors (Lipinski definition) is 1. The van der Waals surface area contributed by atoms with Gasteiger partial charge in [-0.3, -0.25) is 4.79 Å². The van der Waals surface area contributed by atoms with Gasteiger partial charge < -0.3 is 14.8 Å². The second kappa shape index (κ2) is 7.11. The lowest BCUT2D eigenvalue weighted by atomic mass is 9.70. The number of anilines is 1. The SMILES string of the molecule is COc1ccc2c(c1)C(CC(=O)Nc1cccc3ccccc13)CC1(CCC1)O2. The Kier molecular flexibility index (Phi) is 4.42. The summed E-state index contributed by atoms with van der Waals surface area (Å²) in [6.07, 6.45) is 4.66. The highest BCUT2D eigenvalue weighted by atomic mass is 16.5. The molecule has 3 aromatic carbocycles. The monoisotopic (exact) mass is 387 g/mol. The van der Waals surface area contributed by atoms with Crippen molar-refractivity contribution in [3.63, 3.8) is 0 Å². The summed E-state index contributed by atoms with van der Waals surface area (Å²) < 4.78 is 11.8. The number of rotatable bonds is 4. The zero-order valence-electron chi connectivity index (χ0n) is 16.6. The van der Waals surface area contributed by atoms with E-state index in [1.165, 1.54) is 6.42 Å². The van der Waals surface area contributed by atoms with E-state index >= 15 is 0 Å². The van der Waals surface area contributed by atoms with Crippen molar-refractivity contribution >= 4 is 22.4 Å². The predicted octanol–water partition coefficient (Wildman–Crippen LogP) is 5.67. The van der Waals surface area contributed by atoms with Gasteiger partial charge in [-0.25, -0.2) is 0 Å². The van der Waals surface area contributed by atoms with Crippen LogP contribution in [0.15, 0.2) is 60.7 Å². The van der Waals surface area contributed by atoms with E-state index in [4.69, 9.17) is 9.47 Å². The summed E-state index contributed by atoms with van der Waals surface area (Å²) in [5.41, 5.74) is 1.85. The summed E-state index contributed by atoms with van der Waals surface area (Å²) in [6.45, 7) is 0. The Morgan fingerprint density at radius 1 is 1.14 bits per heavy atom. The molecule has 5 rings (SSSR count). The molecular weight excluding hydrogens is 362 g/mol. The molecule has 1 unspecified atom stereocenters. The number of benzene rings is 3. The molecule has 4 heteroatoms. The number of methoxy groups -OCH3 is 1. The van der Waals surface area contributed by atoms with Crippen molar-refractivity contribution in [2.75, 3.05) is 12.4 Å². The van der Waals surface area contributed by atoms with E-state index in [0.29, 0.717) is 6.42 Å². The van der Waals surface area contributed by atoms with Gasteiger partial charge in [0.15, 0.2) is 0 Å². The third kappa shape index (κ3) is 3.33. The Hall–Kier alpha value is -3.01. The van der Waals surface area contributed by atoms with E-state index in [9.17, 15) is 4.79 Å². The van der Waals surface area contributed by atoms with Crippen LogP contribution >= 0.6 is 0 Å². The first kappa shape index (κ1) is 18.0. The smallest absolute Gasteiger partial charge is 0.225 e.